The van der Waals surface area contributed by atoms with Crippen molar-refractivity contribution in [1.82, 2.24) is 9.13 Å². The molecule has 1 aliphatic heterocycles. The highest BCUT2D eigenvalue weighted by molar-refractivity contribution is 7.07. The molecule has 0 unspecified atom stereocenters. The van der Waals surface area contributed by atoms with E-state index in [9.17, 15) is 9.59 Å². The molecular formula is C30H28ClN3O4S. The first-order valence-electron chi connectivity index (χ1n) is 12.3. The van der Waals surface area contributed by atoms with E-state index in [1.54, 1.807) is 25.1 Å². The van der Waals surface area contributed by atoms with E-state index < -0.39 is 12.0 Å². The first-order chi connectivity index (χ1) is 18.6. The Kier molecular flexibility index (Phi) is 7.09. The zero-order valence-corrected chi connectivity index (χ0v) is 24.1. The lowest BCUT2D eigenvalue weighted by molar-refractivity contribution is -0.136. The number of halogens is 1. The van der Waals surface area contributed by atoms with Crippen molar-refractivity contribution >= 4 is 35.0 Å². The van der Waals surface area contributed by atoms with Gasteiger partial charge in [-0.25, -0.2) is 9.79 Å². The fourth-order valence-electron chi connectivity index (χ4n) is 5.07. The fraction of sp³-hybridized carbons (Fsp3) is 0.233. The minimum Gasteiger partial charge on any atom is -0.496 e. The van der Waals surface area contributed by atoms with Crippen LogP contribution in [0.2, 0.25) is 5.02 Å². The lowest BCUT2D eigenvalue weighted by Crippen LogP contribution is -2.40. The van der Waals surface area contributed by atoms with Crippen molar-refractivity contribution in [2.45, 2.75) is 33.7 Å². The number of aryl methyl sites for hydroxylation is 2. The molecule has 1 atom stereocenters. The highest BCUT2D eigenvalue weighted by Gasteiger charge is 2.35. The summed E-state index contributed by atoms with van der Waals surface area (Å²) >= 11 is 7.64. The van der Waals surface area contributed by atoms with Crippen LogP contribution in [0.5, 0.6) is 5.75 Å². The number of rotatable bonds is 5. The summed E-state index contributed by atoms with van der Waals surface area (Å²) in [7, 11) is 2.85. The smallest absolute Gasteiger partial charge is 0.338 e. The third kappa shape index (κ3) is 4.64. The quantitative estimate of drug-likeness (QED) is 0.329. The van der Waals surface area contributed by atoms with Crippen LogP contribution in [-0.2, 0) is 9.53 Å². The average Bonchev–Trinajstić information content (AvgIpc) is 3.37. The molecule has 0 aliphatic carbocycles. The number of esters is 1. The van der Waals surface area contributed by atoms with Gasteiger partial charge in [0, 0.05) is 27.7 Å². The van der Waals surface area contributed by atoms with Gasteiger partial charge in [-0.3, -0.25) is 9.36 Å². The molecule has 0 radical (unpaired) electrons. The molecule has 0 saturated carbocycles. The molecule has 0 spiro atoms. The largest absolute Gasteiger partial charge is 0.496 e. The van der Waals surface area contributed by atoms with Crippen molar-refractivity contribution in [3.8, 4) is 11.4 Å². The molecule has 2 aromatic heterocycles. The number of nitrogens with zero attached hydrogens (tertiary/aromatic N) is 3. The molecule has 7 nitrogen and oxygen atoms in total. The molecule has 200 valence electrons. The van der Waals surface area contributed by atoms with Gasteiger partial charge in [0.2, 0.25) is 0 Å². The van der Waals surface area contributed by atoms with Crippen molar-refractivity contribution in [3.63, 3.8) is 0 Å². The number of allylic oxidation sites excluding steroid dienone is 1. The summed E-state index contributed by atoms with van der Waals surface area (Å²) in [6, 6.07) is 14.7. The lowest BCUT2D eigenvalue weighted by Gasteiger charge is -2.25. The lowest BCUT2D eigenvalue weighted by atomic mass is 9.95. The molecule has 0 amide bonds. The third-order valence-electron chi connectivity index (χ3n) is 6.96. The molecule has 5 rings (SSSR count). The number of carbonyl (C=O) groups excluding carboxylic acids is 1. The van der Waals surface area contributed by atoms with Crippen molar-refractivity contribution in [2.75, 3.05) is 14.2 Å². The van der Waals surface area contributed by atoms with Gasteiger partial charge < -0.3 is 14.0 Å². The van der Waals surface area contributed by atoms with Gasteiger partial charge in [-0.1, -0.05) is 40.6 Å². The number of carbonyl (C=O) groups is 1. The number of hydrogen-bond donors (Lipinski definition) is 0. The molecule has 0 bridgehead atoms. The summed E-state index contributed by atoms with van der Waals surface area (Å²) in [6.07, 6.45) is 1.89. The minimum atomic E-state index is -0.815. The topological polar surface area (TPSA) is 74.8 Å². The zero-order chi connectivity index (χ0) is 28.0. The Morgan fingerprint density at radius 1 is 1.05 bits per heavy atom. The van der Waals surface area contributed by atoms with Gasteiger partial charge >= 0.3 is 5.97 Å². The van der Waals surface area contributed by atoms with Gasteiger partial charge in [-0.05, 0) is 75.7 Å². The zero-order valence-electron chi connectivity index (χ0n) is 22.5. The van der Waals surface area contributed by atoms with Crippen LogP contribution < -0.4 is 19.6 Å². The number of methoxy groups -OCH3 is 2. The number of fused-ring (bicyclic) bond motifs is 1. The molecular weight excluding hydrogens is 534 g/mol. The molecule has 1 aliphatic rings. The summed E-state index contributed by atoms with van der Waals surface area (Å²) < 4.78 is 14.9. The van der Waals surface area contributed by atoms with E-state index in [0.29, 0.717) is 31.4 Å². The second-order valence-corrected chi connectivity index (χ2v) is 10.9. The Labute approximate surface area is 234 Å². The molecule has 2 aromatic carbocycles. The number of ether oxygens (including phenoxy) is 2. The normalized spacial score (nSPS) is 15.3. The van der Waals surface area contributed by atoms with Gasteiger partial charge in [0.05, 0.1) is 30.0 Å². The number of benzene rings is 2. The second kappa shape index (κ2) is 10.4. The first kappa shape index (κ1) is 26.7. The Morgan fingerprint density at radius 2 is 1.77 bits per heavy atom. The van der Waals surface area contributed by atoms with E-state index in [-0.39, 0.29) is 11.1 Å². The van der Waals surface area contributed by atoms with Crippen LogP contribution in [0.15, 0.2) is 69.6 Å². The Bertz CT molecular complexity index is 1830. The number of aromatic nitrogens is 2. The summed E-state index contributed by atoms with van der Waals surface area (Å²) in [4.78, 5) is 32.1. The standard InChI is InChI=1S/C30H28ClN3O4S/c1-16-7-10-22(11-8-16)33-17(2)13-20(19(33)4)14-25-28(35)34-27(23-15-21(31)9-12-24(23)37-5)26(29(36)38-6)18(3)32-30(34)39-25/h7-15,27H,1-6H3/b25-14-/t27-/m0/s1. The maximum absolute atomic E-state index is 14.0. The van der Waals surface area contributed by atoms with E-state index in [2.05, 4.69) is 46.8 Å². The maximum atomic E-state index is 14.0. The molecule has 9 heteroatoms. The highest BCUT2D eigenvalue weighted by atomic mass is 35.5. The van der Waals surface area contributed by atoms with Crippen LogP contribution in [0, 0.1) is 20.8 Å². The summed E-state index contributed by atoms with van der Waals surface area (Å²) in [5.74, 6) is -0.0732. The second-order valence-electron chi connectivity index (χ2n) is 9.46. The highest BCUT2D eigenvalue weighted by Crippen LogP contribution is 2.37. The van der Waals surface area contributed by atoms with Crippen LogP contribution in [0.3, 0.4) is 0 Å². The van der Waals surface area contributed by atoms with E-state index in [4.69, 9.17) is 21.1 Å². The van der Waals surface area contributed by atoms with Crippen molar-refractivity contribution in [1.29, 1.82) is 0 Å². The first-order valence-corrected chi connectivity index (χ1v) is 13.5. The van der Waals surface area contributed by atoms with Gasteiger partial charge in [0.25, 0.3) is 5.56 Å². The van der Waals surface area contributed by atoms with E-state index in [1.807, 2.05) is 19.9 Å². The number of thiazole rings is 1. The Morgan fingerprint density at radius 3 is 2.44 bits per heavy atom. The van der Waals surface area contributed by atoms with Crippen LogP contribution in [-0.4, -0.2) is 29.3 Å². The van der Waals surface area contributed by atoms with Gasteiger partial charge in [-0.2, -0.15) is 0 Å². The van der Waals surface area contributed by atoms with Gasteiger partial charge in [0.1, 0.15) is 11.8 Å². The number of hydrogen-bond acceptors (Lipinski definition) is 6. The van der Waals surface area contributed by atoms with Crippen LogP contribution in [0.25, 0.3) is 11.8 Å². The predicted octanol–water partition coefficient (Wildman–Crippen LogP) is 4.79. The Hall–Kier alpha value is -3.88. The Balaban J connectivity index is 1.73. The third-order valence-corrected chi connectivity index (χ3v) is 8.18. The molecule has 0 fully saturated rings. The predicted molar refractivity (Wildman–Crippen MR) is 154 cm³/mol. The molecule has 0 N–H and O–H groups in total. The van der Waals surface area contributed by atoms with E-state index in [0.717, 1.165) is 22.6 Å². The van der Waals surface area contributed by atoms with Crippen LogP contribution in [0.4, 0.5) is 0 Å². The minimum absolute atomic E-state index is 0.259. The molecule has 4 aromatic rings. The molecule has 3 heterocycles. The molecule has 0 saturated heterocycles. The molecule has 39 heavy (non-hydrogen) atoms. The van der Waals surface area contributed by atoms with Crippen molar-refractivity contribution in [3.05, 3.63) is 113 Å². The average molecular weight is 562 g/mol. The van der Waals surface area contributed by atoms with Gasteiger partial charge in [0.15, 0.2) is 4.80 Å². The SMILES string of the molecule is COC(=O)C1=C(C)N=c2s/c(=C\c3cc(C)n(-c4ccc(C)cc4)c3C)c(=O)n2[C@H]1c1cc(Cl)ccc1OC. The summed E-state index contributed by atoms with van der Waals surface area (Å²) in [6.45, 7) is 7.88. The monoisotopic (exact) mass is 561 g/mol. The van der Waals surface area contributed by atoms with Crippen molar-refractivity contribution < 1.29 is 14.3 Å². The summed E-state index contributed by atoms with van der Waals surface area (Å²) in [5.41, 5.74) is 6.29. The van der Waals surface area contributed by atoms with Gasteiger partial charge in [-0.15, -0.1) is 0 Å². The van der Waals surface area contributed by atoms with E-state index in [1.165, 1.54) is 35.7 Å². The fourth-order valence-corrected chi connectivity index (χ4v) is 6.29. The van der Waals surface area contributed by atoms with Crippen LogP contribution in [0.1, 0.15) is 41.0 Å². The van der Waals surface area contributed by atoms with Crippen LogP contribution >= 0.6 is 22.9 Å². The van der Waals surface area contributed by atoms with Crippen molar-refractivity contribution in [2.24, 2.45) is 4.99 Å². The van der Waals surface area contributed by atoms with E-state index >= 15 is 0 Å². The summed E-state index contributed by atoms with van der Waals surface area (Å²) in [5, 5.41) is 0.454. The maximum Gasteiger partial charge on any atom is 0.338 e.